The fourth-order valence-electron chi connectivity index (χ4n) is 1.03. The molecule has 82 valence electrons. The summed E-state index contributed by atoms with van der Waals surface area (Å²) in [5.41, 5.74) is 4.88. The van der Waals surface area contributed by atoms with Crippen molar-refractivity contribution in [1.29, 1.82) is 0 Å². The Bertz CT molecular complexity index is 393. The topological polar surface area (TPSA) is 83.5 Å². The van der Waals surface area contributed by atoms with Crippen molar-refractivity contribution in [3.63, 3.8) is 0 Å². The monoisotopic (exact) mass is 217 g/mol. The molecule has 0 heterocycles. The smallest absolute Gasteiger partial charge is 0.356 e. The van der Waals surface area contributed by atoms with Crippen LogP contribution in [0.4, 0.5) is 8.78 Å². The van der Waals surface area contributed by atoms with E-state index in [9.17, 15) is 13.6 Å². The van der Waals surface area contributed by atoms with E-state index in [4.69, 9.17) is 15.9 Å². The molecule has 0 saturated heterocycles. The summed E-state index contributed by atoms with van der Waals surface area (Å²) in [6, 6.07) is 3.03. The molecule has 0 unspecified atom stereocenters. The summed E-state index contributed by atoms with van der Waals surface area (Å²) in [6.07, 6.45) is -0.667. The van der Waals surface area contributed by atoms with E-state index in [1.54, 1.807) is 0 Å². The minimum Gasteiger partial charge on any atom is -0.505 e. The summed E-state index contributed by atoms with van der Waals surface area (Å²) in [7, 11) is 0. The zero-order valence-electron chi connectivity index (χ0n) is 7.58. The highest BCUT2D eigenvalue weighted by Crippen LogP contribution is 2.19. The Morgan fingerprint density at radius 1 is 1.53 bits per heavy atom. The number of aliphatic carboxylic acids is 1. The van der Waals surface area contributed by atoms with Crippen LogP contribution < -0.4 is 5.73 Å². The Morgan fingerprint density at radius 2 is 2.13 bits per heavy atom. The molecule has 0 aliphatic rings. The van der Waals surface area contributed by atoms with Crippen LogP contribution in [-0.2, 0) is 11.2 Å². The molecule has 0 bridgehead atoms. The standard InChI is InChI=1S/C9H9F2NO3/c10-6-3-5(1-2-7(6)13)4-9(11,12)8(14)15/h1-3,13H,4,12H2,(H,14,15)/t9-/m0/s1. The summed E-state index contributed by atoms with van der Waals surface area (Å²) in [4.78, 5) is 10.3. The van der Waals surface area contributed by atoms with Gasteiger partial charge in [0.1, 0.15) is 0 Å². The van der Waals surface area contributed by atoms with Gasteiger partial charge in [-0.15, -0.1) is 0 Å². The van der Waals surface area contributed by atoms with Crippen molar-refractivity contribution in [2.75, 3.05) is 0 Å². The number of aromatic hydroxyl groups is 1. The van der Waals surface area contributed by atoms with Crippen LogP contribution in [0.1, 0.15) is 5.56 Å². The van der Waals surface area contributed by atoms with Crippen LogP contribution in [0.15, 0.2) is 18.2 Å². The number of carbonyl (C=O) groups is 1. The van der Waals surface area contributed by atoms with E-state index < -0.39 is 29.7 Å². The molecule has 0 amide bonds. The van der Waals surface area contributed by atoms with E-state index in [2.05, 4.69) is 0 Å². The maximum absolute atomic E-state index is 13.1. The molecule has 0 aliphatic carbocycles. The van der Waals surface area contributed by atoms with Crippen molar-refractivity contribution >= 4 is 5.97 Å². The van der Waals surface area contributed by atoms with E-state index in [0.29, 0.717) is 0 Å². The number of hydrogen-bond donors (Lipinski definition) is 3. The molecule has 0 aromatic heterocycles. The summed E-state index contributed by atoms with van der Waals surface area (Å²) in [6.45, 7) is 0. The lowest BCUT2D eigenvalue weighted by Gasteiger charge is -2.14. The third-order valence-corrected chi connectivity index (χ3v) is 1.83. The van der Waals surface area contributed by atoms with E-state index in [0.717, 1.165) is 12.1 Å². The zero-order chi connectivity index (χ0) is 11.6. The third kappa shape index (κ3) is 2.63. The minimum absolute atomic E-state index is 0.0534. The Kier molecular flexibility index (Phi) is 2.90. The van der Waals surface area contributed by atoms with E-state index >= 15 is 0 Å². The lowest BCUT2D eigenvalue weighted by atomic mass is 10.0. The molecular formula is C9H9F2NO3. The van der Waals surface area contributed by atoms with Crippen molar-refractivity contribution in [1.82, 2.24) is 0 Å². The molecule has 0 aliphatic heterocycles. The fourth-order valence-corrected chi connectivity index (χ4v) is 1.03. The quantitative estimate of drug-likeness (QED) is 0.653. The maximum Gasteiger partial charge on any atom is 0.356 e. The van der Waals surface area contributed by atoms with Gasteiger partial charge in [-0.1, -0.05) is 6.07 Å². The maximum atomic E-state index is 13.1. The highest BCUT2D eigenvalue weighted by molar-refractivity contribution is 5.76. The molecule has 1 rings (SSSR count). The van der Waals surface area contributed by atoms with Gasteiger partial charge in [0, 0.05) is 6.42 Å². The highest BCUT2D eigenvalue weighted by Gasteiger charge is 2.33. The summed E-state index contributed by atoms with van der Waals surface area (Å²) >= 11 is 0. The predicted molar refractivity (Wildman–Crippen MR) is 47.4 cm³/mol. The Hall–Kier alpha value is -1.69. The number of benzene rings is 1. The number of rotatable bonds is 3. The molecule has 1 aromatic rings. The van der Waals surface area contributed by atoms with Crippen molar-refractivity contribution in [2.45, 2.75) is 12.2 Å². The number of phenols is 1. The first kappa shape index (κ1) is 11.4. The zero-order valence-corrected chi connectivity index (χ0v) is 7.58. The van der Waals surface area contributed by atoms with Crippen LogP contribution in [0.2, 0.25) is 0 Å². The van der Waals surface area contributed by atoms with Gasteiger partial charge >= 0.3 is 5.97 Å². The molecule has 0 saturated carbocycles. The van der Waals surface area contributed by atoms with Crippen molar-refractivity contribution in [3.05, 3.63) is 29.6 Å². The van der Waals surface area contributed by atoms with E-state index in [1.165, 1.54) is 6.07 Å². The normalized spacial score (nSPS) is 14.6. The van der Waals surface area contributed by atoms with Gasteiger partial charge in [0.2, 0.25) is 0 Å². The van der Waals surface area contributed by atoms with Crippen molar-refractivity contribution in [2.24, 2.45) is 5.73 Å². The van der Waals surface area contributed by atoms with Crippen molar-refractivity contribution < 1.29 is 23.8 Å². The first-order valence-corrected chi connectivity index (χ1v) is 4.01. The van der Waals surface area contributed by atoms with Gasteiger partial charge in [-0.3, -0.25) is 5.73 Å². The van der Waals surface area contributed by atoms with Crippen LogP contribution in [0.3, 0.4) is 0 Å². The molecule has 1 atom stereocenters. The Balaban J connectivity index is 2.91. The Morgan fingerprint density at radius 3 is 2.60 bits per heavy atom. The predicted octanol–water partition coefficient (Wildman–Crippen LogP) is 0.783. The Labute approximate surface area is 83.9 Å². The summed E-state index contributed by atoms with van der Waals surface area (Å²) < 4.78 is 25.9. The second-order valence-electron chi connectivity index (χ2n) is 3.13. The lowest BCUT2D eigenvalue weighted by Crippen LogP contribution is -2.45. The fraction of sp³-hybridized carbons (Fsp3) is 0.222. The number of alkyl halides is 1. The van der Waals surface area contributed by atoms with Gasteiger partial charge < -0.3 is 10.2 Å². The second kappa shape index (κ2) is 3.82. The molecule has 6 heteroatoms. The minimum atomic E-state index is -2.94. The van der Waals surface area contributed by atoms with Gasteiger partial charge in [0.05, 0.1) is 0 Å². The molecule has 4 N–H and O–H groups in total. The lowest BCUT2D eigenvalue weighted by molar-refractivity contribution is -0.150. The largest absolute Gasteiger partial charge is 0.505 e. The van der Waals surface area contributed by atoms with Gasteiger partial charge in [0.15, 0.2) is 11.6 Å². The SMILES string of the molecule is N[C@@](F)(Cc1ccc(O)c(F)c1)C(=O)O. The number of nitrogens with two attached hydrogens (primary N) is 1. The van der Waals surface area contributed by atoms with Crippen LogP contribution in [0, 0.1) is 5.82 Å². The number of carboxylic acid groups (broad SMARTS) is 1. The van der Waals surface area contributed by atoms with Crippen LogP contribution in [-0.4, -0.2) is 22.0 Å². The van der Waals surface area contributed by atoms with Gasteiger partial charge in [-0.05, 0) is 17.7 Å². The van der Waals surface area contributed by atoms with E-state index in [1.807, 2.05) is 0 Å². The molecule has 4 nitrogen and oxygen atoms in total. The highest BCUT2D eigenvalue weighted by atomic mass is 19.1. The number of halogens is 2. The first-order valence-electron chi connectivity index (χ1n) is 4.01. The van der Waals surface area contributed by atoms with E-state index in [-0.39, 0.29) is 5.56 Å². The summed E-state index contributed by atoms with van der Waals surface area (Å²) in [5.74, 6) is -6.30. The molecule has 15 heavy (non-hydrogen) atoms. The number of carboxylic acids is 1. The van der Waals surface area contributed by atoms with Crippen molar-refractivity contribution in [3.8, 4) is 5.75 Å². The summed E-state index contributed by atoms with van der Waals surface area (Å²) in [5, 5.41) is 17.2. The number of phenolic OH excluding ortho intramolecular Hbond substituents is 1. The molecule has 0 fully saturated rings. The second-order valence-corrected chi connectivity index (χ2v) is 3.13. The average Bonchev–Trinajstić information content (AvgIpc) is 2.10. The van der Waals surface area contributed by atoms with Crippen LogP contribution >= 0.6 is 0 Å². The van der Waals surface area contributed by atoms with Crippen LogP contribution in [0.5, 0.6) is 5.75 Å². The molecular weight excluding hydrogens is 208 g/mol. The average molecular weight is 217 g/mol. The molecule has 0 spiro atoms. The van der Waals surface area contributed by atoms with Gasteiger partial charge in [0.25, 0.3) is 5.79 Å². The third-order valence-electron chi connectivity index (χ3n) is 1.83. The van der Waals surface area contributed by atoms with Gasteiger partial charge in [-0.25, -0.2) is 13.6 Å². The molecule has 0 radical (unpaired) electrons. The first-order chi connectivity index (χ1) is 6.83. The van der Waals surface area contributed by atoms with Crippen LogP contribution in [0.25, 0.3) is 0 Å². The number of hydrogen-bond acceptors (Lipinski definition) is 3. The molecule has 1 aromatic carbocycles. The van der Waals surface area contributed by atoms with Gasteiger partial charge in [-0.2, -0.15) is 0 Å².